The number of carbonyl (C=O) groups excluding carboxylic acids is 2. The zero-order valence-corrected chi connectivity index (χ0v) is 22.1. The molecule has 2 aliphatic carbocycles. The number of para-hydroxylation sites is 1. The molecule has 0 bridgehead atoms. The van der Waals surface area contributed by atoms with E-state index in [-0.39, 0.29) is 34.6 Å². The summed E-state index contributed by atoms with van der Waals surface area (Å²) in [4.78, 5) is 29.3. The molecule has 4 N–H and O–H groups in total. The maximum absolute atomic E-state index is 13.0. The van der Waals surface area contributed by atoms with Gasteiger partial charge < -0.3 is 25.1 Å². The van der Waals surface area contributed by atoms with Crippen molar-refractivity contribution >= 4 is 22.7 Å². The van der Waals surface area contributed by atoms with Crippen LogP contribution in [0.15, 0.2) is 53.3 Å². The third kappa shape index (κ3) is 5.06. The van der Waals surface area contributed by atoms with Crippen molar-refractivity contribution < 1.29 is 19.1 Å². The molecule has 0 saturated heterocycles. The summed E-state index contributed by atoms with van der Waals surface area (Å²) in [5.41, 5.74) is 1.25. The van der Waals surface area contributed by atoms with Gasteiger partial charge in [0.2, 0.25) is 5.91 Å². The molecule has 0 unspecified atom stereocenters. The van der Waals surface area contributed by atoms with Gasteiger partial charge in [0, 0.05) is 36.1 Å². The number of furan rings is 1. The van der Waals surface area contributed by atoms with Gasteiger partial charge in [0.25, 0.3) is 5.91 Å². The predicted octanol–water partition coefficient (Wildman–Crippen LogP) is 4.97. The Balaban J connectivity index is 1.27. The summed E-state index contributed by atoms with van der Waals surface area (Å²) < 4.78 is 5.34. The molecule has 0 spiro atoms. The minimum atomic E-state index is -0.729. The molecule has 7 heteroatoms. The van der Waals surface area contributed by atoms with E-state index in [0.717, 1.165) is 24.8 Å². The minimum Gasteiger partial charge on any atom is -0.459 e. The van der Waals surface area contributed by atoms with Gasteiger partial charge in [-0.1, -0.05) is 32.0 Å². The summed E-state index contributed by atoms with van der Waals surface area (Å²) >= 11 is 0. The van der Waals surface area contributed by atoms with E-state index in [0.29, 0.717) is 38.0 Å². The average Bonchev–Trinajstić information content (AvgIpc) is 3.57. The lowest BCUT2D eigenvalue weighted by Crippen LogP contribution is -2.52. The Morgan fingerprint density at radius 1 is 1.11 bits per heavy atom. The summed E-state index contributed by atoms with van der Waals surface area (Å²) in [6.07, 6.45) is 8.29. The molecule has 2 aromatic heterocycles. The van der Waals surface area contributed by atoms with Crippen molar-refractivity contribution in [1.29, 1.82) is 0 Å². The van der Waals surface area contributed by atoms with E-state index in [4.69, 9.17) is 4.42 Å². The molecule has 1 aromatic carbocycles. The molecule has 2 saturated carbocycles. The highest BCUT2D eigenvalue weighted by molar-refractivity contribution is 5.91. The molecule has 7 nitrogen and oxygen atoms in total. The normalized spacial score (nSPS) is 28.6. The van der Waals surface area contributed by atoms with E-state index in [9.17, 15) is 14.7 Å². The molecular weight excluding hydrogens is 466 g/mol. The van der Waals surface area contributed by atoms with Crippen LogP contribution in [-0.2, 0) is 11.2 Å². The van der Waals surface area contributed by atoms with E-state index in [2.05, 4.69) is 41.6 Å². The summed E-state index contributed by atoms with van der Waals surface area (Å²) in [5, 5.41) is 18.5. The van der Waals surface area contributed by atoms with Gasteiger partial charge in [0.05, 0.1) is 11.9 Å². The SMILES string of the molecule is CC1(C)C[C@H](NC(=O)c2ccco2)[C@@]2(CCC(=O)NCCc3c[nH]c4ccccc34)CC[C@](C)(O)C[C@@H]12. The number of amides is 2. The topological polar surface area (TPSA) is 107 Å². The van der Waals surface area contributed by atoms with E-state index < -0.39 is 5.60 Å². The van der Waals surface area contributed by atoms with Crippen molar-refractivity contribution in [2.24, 2.45) is 16.7 Å². The Bertz CT molecular complexity index is 1260. The van der Waals surface area contributed by atoms with Crippen LogP contribution in [0.1, 0.15) is 75.4 Å². The quantitative estimate of drug-likeness (QED) is 0.347. The Hall–Kier alpha value is -3.06. The van der Waals surface area contributed by atoms with Gasteiger partial charge in [-0.25, -0.2) is 0 Å². The summed E-state index contributed by atoms with van der Waals surface area (Å²) in [6.45, 7) is 6.96. The first-order chi connectivity index (χ1) is 17.6. The Labute approximate surface area is 218 Å². The van der Waals surface area contributed by atoms with Gasteiger partial charge in [0.1, 0.15) is 0 Å². The highest BCUT2D eigenvalue weighted by Gasteiger charge is 2.61. The number of H-pyrrole nitrogens is 1. The first-order valence-electron chi connectivity index (χ1n) is 13.5. The lowest BCUT2D eigenvalue weighted by molar-refractivity contribution is -0.123. The highest BCUT2D eigenvalue weighted by atomic mass is 16.3. The van der Waals surface area contributed by atoms with Gasteiger partial charge in [-0.2, -0.15) is 0 Å². The van der Waals surface area contributed by atoms with Gasteiger partial charge in [0.15, 0.2) is 5.76 Å². The van der Waals surface area contributed by atoms with E-state index >= 15 is 0 Å². The van der Waals surface area contributed by atoms with Crippen LogP contribution in [0.2, 0.25) is 0 Å². The molecule has 0 aliphatic heterocycles. The van der Waals surface area contributed by atoms with Crippen LogP contribution >= 0.6 is 0 Å². The molecule has 2 aliphatic rings. The van der Waals surface area contributed by atoms with Crippen molar-refractivity contribution in [1.82, 2.24) is 15.6 Å². The Kier molecular flexibility index (Phi) is 6.69. The van der Waals surface area contributed by atoms with Crippen molar-refractivity contribution in [3.8, 4) is 0 Å². The van der Waals surface area contributed by atoms with E-state index in [1.54, 1.807) is 12.1 Å². The highest BCUT2D eigenvalue weighted by Crippen LogP contribution is 2.63. The maximum atomic E-state index is 13.0. The number of benzene rings is 1. The summed E-state index contributed by atoms with van der Waals surface area (Å²) in [7, 11) is 0. The number of aromatic amines is 1. The number of aromatic nitrogens is 1. The molecule has 4 atom stereocenters. The predicted molar refractivity (Wildman–Crippen MR) is 143 cm³/mol. The maximum Gasteiger partial charge on any atom is 0.287 e. The van der Waals surface area contributed by atoms with Gasteiger partial charge >= 0.3 is 0 Å². The fraction of sp³-hybridized carbons (Fsp3) is 0.533. The van der Waals surface area contributed by atoms with E-state index in [1.807, 2.05) is 25.3 Å². The number of carbonyl (C=O) groups is 2. The Morgan fingerprint density at radius 2 is 1.92 bits per heavy atom. The standard InChI is InChI=1S/C30H39N3O4/c1-28(2)18-25(33-27(35)23-9-6-16-37-23)30(14-13-29(3,36)17-24(28)30)12-10-26(34)31-15-11-20-19-32-22-8-5-4-7-21(20)22/h4-9,16,19,24-25,32,36H,10-15,17-18H2,1-3H3,(H,31,34)(H,33,35)/t24-,25-,29-,30-/m0/s1. The number of hydrogen-bond acceptors (Lipinski definition) is 4. The van der Waals surface area contributed by atoms with Crippen molar-refractivity contribution in [3.63, 3.8) is 0 Å². The summed E-state index contributed by atoms with van der Waals surface area (Å²) in [5.74, 6) is 0.316. The van der Waals surface area contributed by atoms with Crippen molar-refractivity contribution in [2.75, 3.05) is 6.54 Å². The van der Waals surface area contributed by atoms with Crippen LogP contribution in [0.4, 0.5) is 0 Å². The third-order valence-electron chi connectivity index (χ3n) is 9.09. The zero-order valence-electron chi connectivity index (χ0n) is 22.1. The second-order valence-corrected chi connectivity index (χ2v) is 12.1. The second-order valence-electron chi connectivity index (χ2n) is 12.1. The molecular formula is C30H39N3O4. The van der Waals surface area contributed by atoms with Crippen molar-refractivity contribution in [3.05, 3.63) is 60.2 Å². The van der Waals surface area contributed by atoms with Crippen LogP contribution in [0.25, 0.3) is 10.9 Å². The van der Waals surface area contributed by atoms with E-state index in [1.165, 1.54) is 17.2 Å². The molecule has 2 fully saturated rings. The lowest BCUT2D eigenvalue weighted by atomic mass is 9.57. The fourth-order valence-corrected chi connectivity index (χ4v) is 7.18. The molecule has 3 aromatic rings. The number of rotatable bonds is 8. The molecule has 198 valence electrons. The summed E-state index contributed by atoms with van der Waals surface area (Å²) in [6, 6.07) is 11.5. The number of fused-ring (bicyclic) bond motifs is 2. The molecule has 2 heterocycles. The van der Waals surface area contributed by atoms with Gasteiger partial charge in [-0.3, -0.25) is 9.59 Å². The molecule has 37 heavy (non-hydrogen) atoms. The first-order valence-corrected chi connectivity index (χ1v) is 13.5. The zero-order chi connectivity index (χ0) is 26.3. The van der Waals surface area contributed by atoms with Crippen LogP contribution in [-0.4, -0.2) is 40.1 Å². The van der Waals surface area contributed by atoms with Crippen LogP contribution in [0.3, 0.4) is 0 Å². The minimum absolute atomic E-state index is 0.0334. The van der Waals surface area contributed by atoms with Crippen LogP contribution < -0.4 is 10.6 Å². The Morgan fingerprint density at radius 3 is 2.70 bits per heavy atom. The van der Waals surface area contributed by atoms with Crippen LogP contribution in [0, 0.1) is 16.7 Å². The monoisotopic (exact) mass is 505 g/mol. The first kappa shape index (κ1) is 25.6. The molecule has 0 radical (unpaired) electrons. The van der Waals surface area contributed by atoms with Crippen LogP contribution in [0.5, 0.6) is 0 Å². The van der Waals surface area contributed by atoms with Gasteiger partial charge in [-0.05, 0) is 86.0 Å². The number of nitrogens with one attached hydrogen (secondary N) is 3. The number of aliphatic hydroxyl groups is 1. The largest absolute Gasteiger partial charge is 0.459 e. The third-order valence-corrected chi connectivity index (χ3v) is 9.09. The lowest BCUT2D eigenvalue weighted by Gasteiger charge is -2.50. The second kappa shape index (κ2) is 9.67. The van der Waals surface area contributed by atoms with Gasteiger partial charge in [-0.15, -0.1) is 0 Å². The molecule has 2 amide bonds. The smallest absolute Gasteiger partial charge is 0.287 e. The fourth-order valence-electron chi connectivity index (χ4n) is 7.18. The average molecular weight is 506 g/mol. The number of hydrogen-bond donors (Lipinski definition) is 4. The van der Waals surface area contributed by atoms with Crippen molar-refractivity contribution in [2.45, 2.75) is 77.4 Å². The molecule has 5 rings (SSSR count).